The maximum Gasteiger partial charge on any atom is 0.307 e. The number of hydrogen-bond donors (Lipinski definition) is 0. The summed E-state index contributed by atoms with van der Waals surface area (Å²) in [6.07, 6.45) is 1.03. The Balaban J connectivity index is 2.38. The van der Waals surface area contributed by atoms with Crippen LogP contribution in [-0.2, 0) is 16.1 Å². The molecular formula is C20H27ClN2O3. The lowest BCUT2D eigenvalue weighted by Crippen LogP contribution is -2.35. The number of halogens is 1. The van der Waals surface area contributed by atoms with Gasteiger partial charge < -0.3 is 14.2 Å². The fourth-order valence-corrected chi connectivity index (χ4v) is 3.46. The number of fused-ring (bicyclic) bond motifs is 1. The second-order valence-electron chi connectivity index (χ2n) is 6.23. The molecular weight excluding hydrogens is 352 g/mol. The zero-order chi connectivity index (χ0) is 19.3. The first kappa shape index (κ1) is 20.3. The molecule has 2 rings (SSSR count). The van der Waals surface area contributed by atoms with Gasteiger partial charge in [0, 0.05) is 35.6 Å². The number of aromatic nitrogens is 1. The molecule has 0 N–H and O–H groups in total. The highest BCUT2D eigenvalue weighted by atomic mass is 35.5. The van der Waals surface area contributed by atoms with Crippen molar-refractivity contribution in [2.45, 2.75) is 47.1 Å². The third kappa shape index (κ3) is 4.21. The molecule has 1 amide bonds. The standard InChI is InChI=1S/C20H27ClN2O3/c1-5-11-22(12-10-18(24)26-7-3)20(25)19-14(4)16-13-15(21)8-9-17(16)23(19)6-2/h8-9,13H,5-7,10-12H2,1-4H3. The SMILES string of the molecule is CCCN(CCC(=O)OCC)C(=O)c1c(C)c2cc(Cl)ccc2n1CC. The fraction of sp³-hybridized carbons (Fsp3) is 0.500. The molecule has 0 fully saturated rings. The summed E-state index contributed by atoms with van der Waals surface area (Å²) in [6, 6.07) is 5.69. The number of benzene rings is 1. The van der Waals surface area contributed by atoms with E-state index in [4.69, 9.17) is 16.3 Å². The molecule has 0 aliphatic heterocycles. The van der Waals surface area contributed by atoms with Gasteiger partial charge in [-0.3, -0.25) is 9.59 Å². The van der Waals surface area contributed by atoms with Gasteiger partial charge >= 0.3 is 5.97 Å². The minimum Gasteiger partial charge on any atom is -0.466 e. The first-order valence-electron chi connectivity index (χ1n) is 9.17. The Morgan fingerprint density at radius 2 is 1.92 bits per heavy atom. The number of ether oxygens (including phenoxy) is 1. The van der Waals surface area contributed by atoms with Crippen LogP contribution < -0.4 is 0 Å². The molecule has 0 aliphatic rings. The third-order valence-corrected chi connectivity index (χ3v) is 4.70. The Morgan fingerprint density at radius 1 is 1.19 bits per heavy atom. The Kier molecular flexibility index (Phi) is 7.09. The Labute approximate surface area is 159 Å². The van der Waals surface area contributed by atoms with Gasteiger partial charge in [-0.05, 0) is 51.0 Å². The minimum atomic E-state index is -0.277. The fourth-order valence-electron chi connectivity index (χ4n) is 3.29. The maximum absolute atomic E-state index is 13.3. The normalized spacial score (nSPS) is 11.0. The first-order chi connectivity index (χ1) is 12.4. The van der Waals surface area contributed by atoms with Crippen LogP contribution >= 0.6 is 11.6 Å². The lowest BCUT2D eigenvalue weighted by molar-refractivity contribution is -0.143. The molecule has 1 heterocycles. The quantitative estimate of drug-likeness (QED) is 0.638. The van der Waals surface area contributed by atoms with Crippen LogP contribution in [0.15, 0.2) is 18.2 Å². The van der Waals surface area contributed by atoms with Crippen LogP contribution in [0.25, 0.3) is 10.9 Å². The number of rotatable bonds is 8. The van der Waals surface area contributed by atoms with Gasteiger partial charge in [-0.15, -0.1) is 0 Å². The molecule has 1 aromatic heterocycles. The van der Waals surface area contributed by atoms with Crippen molar-refractivity contribution in [1.29, 1.82) is 0 Å². The van der Waals surface area contributed by atoms with E-state index in [0.717, 1.165) is 22.9 Å². The van der Waals surface area contributed by atoms with Crippen molar-refractivity contribution in [2.24, 2.45) is 0 Å². The van der Waals surface area contributed by atoms with Crippen LogP contribution in [-0.4, -0.2) is 41.0 Å². The summed E-state index contributed by atoms with van der Waals surface area (Å²) in [6.45, 7) is 9.77. The number of aryl methyl sites for hydroxylation is 2. The summed E-state index contributed by atoms with van der Waals surface area (Å²) in [5, 5.41) is 1.64. The molecule has 0 aliphatic carbocycles. The van der Waals surface area contributed by atoms with E-state index in [1.54, 1.807) is 11.8 Å². The van der Waals surface area contributed by atoms with Crippen LogP contribution in [0.2, 0.25) is 5.02 Å². The van der Waals surface area contributed by atoms with Gasteiger partial charge in [0.15, 0.2) is 0 Å². The van der Waals surface area contributed by atoms with Crippen LogP contribution in [0.3, 0.4) is 0 Å². The van der Waals surface area contributed by atoms with Crippen molar-refractivity contribution in [3.8, 4) is 0 Å². The second-order valence-corrected chi connectivity index (χ2v) is 6.66. The second kappa shape index (κ2) is 9.08. The molecule has 1 aromatic carbocycles. The van der Waals surface area contributed by atoms with E-state index in [1.807, 2.05) is 43.5 Å². The van der Waals surface area contributed by atoms with E-state index < -0.39 is 0 Å². The molecule has 0 spiro atoms. The van der Waals surface area contributed by atoms with E-state index in [0.29, 0.717) is 37.0 Å². The predicted octanol–water partition coefficient (Wildman–Crippen LogP) is 4.43. The monoisotopic (exact) mass is 378 g/mol. The molecule has 0 saturated heterocycles. The third-order valence-electron chi connectivity index (χ3n) is 4.47. The summed E-state index contributed by atoms with van der Waals surface area (Å²) in [5.41, 5.74) is 2.59. The van der Waals surface area contributed by atoms with Crippen LogP contribution in [0.4, 0.5) is 0 Å². The molecule has 26 heavy (non-hydrogen) atoms. The molecule has 6 heteroatoms. The Bertz CT molecular complexity index is 798. The van der Waals surface area contributed by atoms with E-state index in [1.165, 1.54) is 0 Å². The number of nitrogens with zero attached hydrogens (tertiary/aromatic N) is 2. The summed E-state index contributed by atoms with van der Waals surface area (Å²) < 4.78 is 7.01. The molecule has 0 radical (unpaired) electrons. The van der Waals surface area contributed by atoms with Crippen LogP contribution in [0, 0.1) is 6.92 Å². The maximum atomic E-state index is 13.3. The van der Waals surface area contributed by atoms with Gasteiger partial charge in [-0.25, -0.2) is 0 Å². The zero-order valence-corrected chi connectivity index (χ0v) is 16.7. The van der Waals surface area contributed by atoms with E-state index in [9.17, 15) is 9.59 Å². The first-order valence-corrected chi connectivity index (χ1v) is 9.55. The number of esters is 1. The molecule has 0 saturated carbocycles. The van der Waals surface area contributed by atoms with Crippen LogP contribution in [0.5, 0.6) is 0 Å². The average molecular weight is 379 g/mol. The average Bonchev–Trinajstić information content (AvgIpc) is 2.89. The highest BCUT2D eigenvalue weighted by Crippen LogP contribution is 2.29. The lowest BCUT2D eigenvalue weighted by atomic mass is 10.1. The molecule has 142 valence electrons. The van der Waals surface area contributed by atoms with Crippen molar-refractivity contribution in [3.05, 3.63) is 34.5 Å². The number of hydrogen-bond acceptors (Lipinski definition) is 3. The van der Waals surface area contributed by atoms with E-state index >= 15 is 0 Å². The number of amides is 1. The highest BCUT2D eigenvalue weighted by molar-refractivity contribution is 6.31. The highest BCUT2D eigenvalue weighted by Gasteiger charge is 2.24. The van der Waals surface area contributed by atoms with Crippen molar-refractivity contribution >= 4 is 34.4 Å². The lowest BCUT2D eigenvalue weighted by Gasteiger charge is -2.23. The largest absolute Gasteiger partial charge is 0.466 e. The van der Waals surface area contributed by atoms with Gasteiger partial charge in [0.2, 0.25) is 0 Å². The van der Waals surface area contributed by atoms with Gasteiger partial charge in [-0.2, -0.15) is 0 Å². The molecule has 0 unspecified atom stereocenters. The smallest absolute Gasteiger partial charge is 0.307 e. The number of carbonyl (C=O) groups is 2. The van der Waals surface area contributed by atoms with Crippen molar-refractivity contribution in [1.82, 2.24) is 9.47 Å². The summed E-state index contributed by atoms with van der Waals surface area (Å²) in [4.78, 5) is 26.7. The minimum absolute atomic E-state index is 0.0529. The predicted molar refractivity (Wildman–Crippen MR) is 105 cm³/mol. The van der Waals surface area contributed by atoms with Crippen LogP contribution in [0.1, 0.15) is 49.7 Å². The van der Waals surface area contributed by atoms with Gasteiger partial charge in [0.05, 0.1) is 13.0 Å². The zero-order valence-electron chi connectivity index (χ0n) is 16.0. The topological polar surface area (TPSA) is 51.5 Å². The molecule has 0 bridgehead atoms. The van der Waals surface area contributed by atoms with Crippen molar-refractivity contribution in [2.75, 3.05) is 19.7 Å². The van der Waals surface area contributed by atoms with E-state index in [-0.39, 0.29) is 18.3 Å². The summed E-state index contributed by atoms with van der Waals surface area (Å²) >= 11 is 6.15. The van der Waals surface area contributed by atoms with Crippen molar-refractivity contribution < 1.29 is 14.3 Å². The summed E-state index contributed by atoms with van der Waals surface area (Å²) in [7, 11) is 0. The van der Waals surface area contributed by atoms with Gasteiger partial charge in [-0.1, -0.05) is 18.5 Å². The van der Waals surface area contributed by atoms with E-state index in [2.05, 4.69) is 0 Å². The molecule has 5 nitrogen and oxygen atoms in total. The molecule has 2 aromatic rings. The number of carbonyl (C=O) groups excluding carboxylic acids is 2. The van der Waals surface area contributed by atoms with Crippen molar-refractivity contribution in [3.63, 3.8) is 0 Å². The van der Waals surface area contributed by atoms with Gasteiger partial charge in [0.1, 0.15) is 5.69 Å². The van der Waals surface area contributed by atoms with Gasteiger partial charge in [0.25, 0.3) is 5.91 Å². The summed E-state index contributed by atoms with van der Waals surface area (Å²) in [5.74, 6) is -0.330. The molecule has 0 atom stereocenters. The Hall–Kier alpha value is -2.01. The Morgan fingerprint density at radius 3 is 2.54 bits per heavy atom.